The van der Waals surface area contributed by atoms with Gasteiger partial charge in [-0.15, -0.1) is 0 Å². The highest BCUT2D eigenvalue weighted by molar-refractivity contribution is 5.56. The van der Waals surface area contributed by atoms with Crippen LogP contribution in [0.2, 0.25) is 0 Å². The number of fused-ring (bicyclic) bond motifs is 1. The van der Waals surface area contributed by atoms with Gasteiger partial charge in [-0.25, -0.2) is 0 Å². The van der Waals surface area contributed by atoms with E-state index in [1.165, 1.54) is 16.8 Å². The molecule has 1 aliphatic carbocycles. The van der Waals surface area contributed by atoms with Crippen LogP contribution in [-0.4, -0.2) is 20.1 Å². The van der Waals surface area contributed by atoms with Gasteiger partial charge in [-0.3, -0.25) is 0 Å². The lowest BCUT2D eigenvalue weighted by Crippen LogP contribution is -2.28. The van der Waals surface area contributed by atoms with Crippen molar-refractivity contribution >= 4 is 5.69 Å². The van der Waals surface area contributed by atoms with Crippen LogP contribution in [0.3, 0.4) is 0 Å². The van der Waals surface area contributed by atoms with Crippen molar-refractivity contribution < 1.29 is 0 Å². The summed E-state index contributed by atoms with van der Waals surface area (Å²) in [6.45, 7) is 0. The van der Waals surface area contributed by atoms with Crippen LogP contribution in [0.25, 0.3) is 0 Å². The topological polar surface area (TPSA) is 29.3 Å². The molecule has 2 nitrogen and oxygen atoms in total. The van der Waals surface area contributed by atoms with Gasteiger partial charge in [0.2, 0.25) is 0 Å². The summed E-state index contributed by atoms with van der Waals surface area (Å²) < 4.78 is 0. The fourth-order valence-corrected chi connectivity index (χ4v) is 2.23. The van der Waals surface area contributed by atoms with Gasteiger partial charge in [0.15, 0.2) is 0 Å². The van der Waals surface area contributed by atoms with E-state index in [0.717, 1.165) is 19.3 Å². The highest BCUT2D eigenvalue weighted by atomic mass is 15.1. The molecule has 0 saturated carbocycles. The van der Waals surface area contributed by atoms with Crippen LogP contribution in [0.4, 0.5) is 5.69 Å². The van der Waals surface area contributed by atoms with Crippen molar-refractivity contribution in [3.05, 3.63) is 29.3 Å². The van der Waals surface area contributed by atoms with E-state index in [1.54, 1.807) is 0 Å². The van der Waals surface area contributed by atoms with Crippen LogP contribution in [0, 0.1) is 0 Å². The van der Waals surface area contributed by atoms with E-state index in [2.05, 4.69) is 37.2 Å². The average Bonchev–Trinajstić information content (AvgIpc) is 2.16. The molecule has 0 spiro atoms. The highest BCUT2D eigenvalue weighted by Crippen LogP contribution is 2.28. The van der Waals surface area contributed by atoms with Crippen LogP contribution < -0.4 is 10.6 Å². The van der Waals surface area contributed by atoms with Crippen LogP contribution in [0.15, 0.2) is 18.2 Å². The quantitative estimate of drug-likeness (QED) is 0.728. The predicted molar refractivity (Wildman–Crippen MR) is 60.8 cm³/mol. The largest absolute Gasteiger partial charge is 0.377 e. The zero-order valence-electron chi connectivity index (χ0n) is 8.96. The van der Waals surface area contributed by atoms with E-state index in [1.807, 2.05) is 0 Å². The molecule has 1 atom stereocenters. The van der Waals surface area contributed by atoms with Gasteiger partial charge in [0.1, 0.15) is 0 Å². The normalized spacial score (nSPS) is 20.4. The number of anilines is 1. The smallest absolute Gasteiger partial charge is 0.0396 e. The summed E-state index contributed by atoms with van der Waals surface area (Å²) in [6.07, 6.45) is 3.29. The Morgan fingerprint density at radius 3 is 2.86 bits per heavy atom. The Balaban J connectivity index is 2.41. The summed E-state index contributed by atoms with van der Waals surface area (Å²) in [6, 6.07) is 6.89. The number of rotatable bonds is 1. The molecule has 0 radical (unpaired) electrons. The van der Waals surface area contributed by atoms with Crippen molar-refractivity contribution in [1.29, 1.82) is 0 Å². The van der Waals surface area contributed by atoms with Crippen molar-refractivity contribution in [2.75, 3.05) is 19.0 Å². The summed E-state index contributed by atoms with van der Waals surface area (Å²) in [5.74, 6) is 0. The average molecular weight is 190 g/mol. The van der Waals surface area contributed by atoms with Crippen LogP contribution >= 0.6 is 0 Å². The van der Waals surface area contributed by atoms with Gasteiger partial charge in [0.25, 0.3) is 0 Å². The Labute approximate surface area is 85.7 Å². The van der Waals surface area contributed by atoms with Crippen molar-refractivity contribution in [2.45, 2.75) is 25.3 Å². The van der Waals surface area contributed by atoms with Crippen LogP contribution in [0.1, 0.15) is 17.5 Å². The number of nitrogens with zero attached hydrogens (tertiary/aromatic N) is 1. The molecule has 2 N–H and O–H groups in total. The Morgan fingerprint density at radius 1 is 1.36 bits per heavy atom. The van der Waals surface area contributed by atoms with Crippen molar-refractivity contribution in [3.63, 3.8) is 0 Å². The number of benzene rings is 1. The van der Waals surface area contributed by atoms with E-state index < -0.39 is 0 Å². The Hall–Kier alpha value is -1.02. The van der Waals surface area contributed by atoms with E-state index in [4.69, 9.17) is 5.73 Å². The molecule has 0 saturated heterocycles. The first kappa shape index (κ1) is 9.53. The number of hydrogen-bond donors (Lipinski definition) is 1. The standard InChI is InChI=1S/C12H18N2/c1-14(2)12-5-3-4-9-8-10(13)6-7-11(9)12/h3-5,10H,6-8,13H2,1-2H3. The van der Waals surface area contributed by atoms with Gasteiger partial charge >= 0.3 is 0 Å². The lowest BCUT2D eigenvalue weighted by atomic mass is 9.87. The van der Waals surface area contributed by atoms with Crippen LogP contribution in [0.5, 0.6) is 0 Å². The molecular weight excluding hydrogens is 172 g/mol. The third kappa shape index (κ3) is 1.62. The first-order valence-corrected chi connectivity index (χ1v) is 5.22. The van der Waals surface area contributed by atoms with Crippen molar-refractivity contribution in [1.82, 2.24) is 0 Å². The monoisotopic (exact) mass is 190 g/mol. The maximum Gasteiger partial charge on any atom is 0.0396 e. The minimum Gasteiger partial charge on any atom is -0.377 e. The Bertz CT molecular complexity index is 331. The maximum atomic E-state index is 5.96. The maximum absolute atomic E-state index is 5.96. The van der Waals surface area contributed by atoms with Gasteiger partial charge in [-0.2, -0.15) is 0 Å². The molecule has 2 heteroatoms. The molecule has 0 aromatic heterocycles. The molecule has 2 rings (SSSR count). The highest BCUT2D eigenvalue weighted by Gasteiger charge is 2.18. The lowest BCUT2D eigenvalue weighted by molar-refractivity contribution is 0.576. The third-order valence-electron chi connectivity index (χ3n) is 2.98. The second kappa shape index (κ2) is 3.62. The molecule has 1 unspecified atom stereocenters. The van der Waals surface area contributed by atoms with E-state index in [-0.39, 0.29) is 0 Å². The lowest BCUT2D eigenvalue weighted by Gasteiger charge is -2.26. The number of hydrogen-bond acceptors (Lipinski definition) is 2. The SMILES string of the molecule is CN(C)c1cccc2c1CCC(N)C2. The van der Waals surface area contributed by atoms with Gasteiger partial charge in [-0.05, 0) is 36.5 Å². The molecule has 1 aliphatic rings. The predicted octanol–water partition coefficient (Wildman–Crippen LogP) is 1.57. The zero-order valence-corrected chi connectivity index (χ0v) is 8.96. The molecule has 0 heterocycles. The molecule has 0 bridgehead atoms. The Morgan fingerprint density at radius 2 is 2.14 bits per heavy atom. The summed E-state index contributed by atoms with van der Waals surface area (Å²) in [5.41, 5.74) is 10.3. The van der Waals surface area contributed by atoms with Crippen molar-refractivity contribution in [3.8, 4) is 0 Å². The van der Waals surface area contributed by atoms with Gasteiger partial charge < -0.3 is 10.6 Å². The minimum atomic E-state index is 0.361. The van der Waals surface area contributed by atoms with Crippen LogP contribution in [-0.2, 0) is 12.8 Å². The fourth-order valence-electron chi connectivity index (χ4n) is 2.23. The summed E-state index contributed by atoms with van der Waals surface area (Å²) in [4.78, 5) is 2.19. The van der Waals surface area contributed by atoms with E-state index >= 15 is 0 Å². The molecule has 0 amide bonds. The minimum absolute atomic E-state index is 0.361. The second-order valence-corrected chi connectivity index (χ2v) is 4.31. The van der Waals surface area contributed by atoms with Crippen molar-refractivity contribution in [2.24, 2.45) is 5.73 Å². The van der Waals surface area contributed by atoms with Gasteiger partial charge in [0, 0.05) is 25.8 Å². The fraction of sp³-hybridized carbons (Fsp3) is 0.500. The van der Waals surface area contributed by atoms with E-state index in [9.17, 15) is 0 Å². The Kier molecular flexibility index (Phi) is 2.46. The molecular formula is C12H18N2. The zero-order chi connectivity index (χ0) is 10.1. The first-order chi connectivity index (χ1) is 6.68. The molecule has 14 heavy (non-hydrogen) atoms. The summed E-state index contributed by atoms with van der Waals surface area (Å²) >= 11 is 0. The molecule has 0 aliphatic heterocycles. The number of nitrogens with two attached hydrogens (primary N) is 1. The van der Waals surface area contributed by atoms with Gasteiger partial charge in [0.05, 0.1) is 0 Å². The summed E-state index contributed by atoms with van der Waals surface area (Å²) in [5, 5.41) is 0. The van der Waals surface area contributed by atoms with E-state index in [0.29, 0.717) is 6.04 Å². The molecule has 76 valence electrons. The summed E-state index contributed by atoms with van der Waals surface area (Å²) in [7, 11) is 4.20. The molecule has 1 aromatic carbocycles. The first-order valence-electron chi connectivity index (χ1n) is 5.22. The molecule has 1 aromatic rings. The third-order valence-corrected chi connectivity index (χ3v) is 2.98. The molecule has 0 fully saturated rings. The second-order valence-electron chi connectivity index (χ2n) is 4.31. The van der Waals surface area contributed by atoms with Gasteiger partial charge in [-0.1, -0.05) is 12.1 Å².